The van der Waals surface area contributed by atoms with Crippen LogP contribution in [0.4, 0.5) is 5.69 Å². The first-order valence-corrected chi connectivity index (χ1v) is 4.71. The van der Waals surface area contributed by atoms with Crippen molar-refractivity contribution < 1.29 is 9.32 Å². The van der Waals surface area contributed by atoms with Gasteiger partial charge < -0.3 is 5.11 Å². The lowest BCUT2D eigenvalue weighted by Gasteiger charge is -1.98. The highest BCUT2D eigenvalue weighted by atomic mass is 32.2. The van der Waals surface area contributed by atoms with Crippen LogP contribution in [0.5, 0.6) is 0 Å². The number of aliphatic hydroxyl groups excluding tert-OH is 1. The topological polar surface area (TPSA) is 49.7 Å². The Morgan fingerprint density at radius 2 is 2.33 bits per heavy atom. The van der Waals surface area contributed by atoms with Gasteiger partial charge in [-0.05, 0) is 17.7 Å². The van der Waals surface area contributed by atoms with Crippen LogP contribution in [0.25, 0.3) is 0 Å². The number of rotatable bonds is 1. The molecule has 1 aliphatic heterocycles. The fourth-order valence-electron chi connectivity index (χ4n) is 1.09. The molecule has 0 amide bonds. The van der Waals surface area contributed by atoms with Gasteiger partial charge in [0.15, 0.2) is 0 Å². The number of nitrogens with zero attached hydrogens (tertiary/aromatic N) is 1. The summed E-state index contributed by atoms with van der Waals surface area (Å²) >= 11 is 0. The van der Waals surface area contributed by atoms with Gasteiger partial charge in [-0.2, -0.15) is 0 Å². The molecule has 1 N–H and O–H groups in total. The van der Waals surface area contributed by atoms with Gasteiger partial charge in [0.2, 0.25) is 0 Å². The molecule has 0 aliphatic carbocycles. The lowest BCUT2D eigenvalue weighted by Crippen LogP contribution is -1.88. The monoisotopic (exact) mass is 181 g/mol. The van der Waals surface area contributed by atoms with Crippen molar-refractivity contribution >= 4 is 22.0 Å². The van der Waals surface area contributed by atoms with E-state index in [4.69, 9.17) is 5.11 Å². The van der Waals surface area contributed by atoms with E-state index in [-0.39, 0.29) is 6.61 Å². The van der Waals surface area contributed by atoms with E-state index in [9.17, 15) is 4.21 Å². The molecule has 0 spiro atoms. The Morgan fingerprint density at radius 1 is 1.50 bits per heavy atom. The molecule has 1 unspecified atom stereocenters. The van der Waals surface area contributed by atoms with Crippen molar-refractivity contribution in [1.29, 1.82) is 0 Å². The highest BCUT2D eigenvalue weighted by Crippen LogP contribution is 2.27. The van der Waals surface area contributed by atoms with Gasteiger partial charge >= 0.3 is 0 Å². The van der Waals surface area contributed by atoms with Crippen molar-refractivity contribution in [3.05, 3.63) is 23.8 Å². The van der Waals surface area contributed by atoms with Gasteiger partial charge in [-0.1, -0.05) is 6.07 Å². The Kier molecular flexibility index (Phi) is 1.78. The van der Waals surface area contributed by atoms with Crippen molar-refractivity contribution in [2.75, 3.05) is 0 Å². The minimum Gasteiger partial charge on any atom is -0.392 e. The largest absolute Gasteiger partial charge is 0.392 e. The Labute approximate surface area is 72.2 Å². The molecule has 1 aromatic rings. The summed E-state index contributed by atoms with van der Waals surface area (Å²) in [4.78, 5) is 4.64. The summed E-state index contributed by atoms with van der Waals surface area (Å²) in [6.07, 6.45) is 0. The van der Waals surface area contributed by atoms with E-state index in [1.165, 1.54) is 5.55 Å². The summed E-state index contributed by atoms with van der Waals surface area (Å²) in [7, 11) is -1.11. The highest BCUT2D eigenvalue weighted by molar-refractivity contribution is 7.99. The third-order valence-corrected chi connectivity index (χ3v) is 2.77. The zero-order chi connectivity index (χ0) is 8.55. The van der Waals surface area contributed by atoms with Crippen LogP contribution < -0.4 is 0 Å². The van der Waals surface area contributed by atoms with Gasteiger partial charge in [-0.15, -0.1) is 0 Å². The predicted octanol–water partition coefficient (Wildman–Crippen LogP) is 0.960. The van der Waals surface area contributed by atoms with Crippen LogP contribution in [-0.2, 0) is 17.4 Å². The zero-order valence-electron chi connectivity index (χ0n) is 6.23. The second-order valence-corrected chi connectivity index (χ2v) is 3.74. The summed E-state index contributed by atoms with van der Waals surface area (Å²) in [5.41, 5.74) is 2.92. The maximum absolute atomic E-state index is 11.2. The smallest absolute Gasteiger partial charge is 0.0984 e. The lowest BCUT2D eigenvalue weighted by atomic mass is 10.2. The van der Waals surface area contributed by atoms with Crippen molar-refractivity contribution in [2.24, 2.45) is 4.99 Å². The molecule has 0 saturated carbocycles. The third kappa shape index (κ3) is 1.09. The fraction of sp³-hybridized carbons (Fsp3) is 0.125. The Hall–Kier alpha value is -1.00. The molecule has 3 nitrogen and oxygen atoms in total. The normalized spacial score (nSPS) is 19.6. The van der Waals surface area contributed by atoms with Crippen molar-refractivity contribution in [3.63, 3.8) is 0 Å². The van der Waals surface area contributed by atoms with Crippen LogP contribution in [0.2, 0.25) is 0 Å². The van der Waals surface area contributed by atoms with Crippen LogP contribution in [0, 0.1) is 0 Å². The Bertz CT molecular complexity index is 373. The number of benzene rings is 1. The van der Waals surface area contributed by atoms with E-state index >= 15 is 0 Å². The molecule has 1 aromatic carbocycles. The first kappa shape index (κ1) is 7.64. The van der Waals surface area contributed by atoms with E-state index in [0.29, 0.717) is 4.90 Å². The molecule has 0 radical (unpaired) electrons. The van der Waals surface area contributed by atoms with Gasteiger partial charge in [-0.3, -0.25) is 0 Å². The number of aliphatic imine (C=N–C) groups is 1. The highest BCUT2D eigenvalue weighted by Gasteiger charge is 2.13. The Morgan fingerprint density at radius 3 is 3.08 bits per heavy atom. The van der Waals surface area contributed by atoms with Gasteiger partial charge in [0.1, 0.15) is 0 Å². The molecule has 0 aromatic heterocycles. The van der Waals surface area contributed by atoms with E-state index in [1.54, 1.807) is 18.2 Å². The molecule has 12 heavy (non-hydrogen) atoms. The van der Waals surface area contributed by atoms with Gasteiger partial charge in [0.05, 0.1) is 33.5 Å². The minimum absolute atomic E-state index is 0.0233. The number of aliphatic hydroxyl groups is 1. The van der Waals surface area contributed by atoms with E-state index in [0.717, 1.165) is 11.3 Å². The standard InChI is InChI=1S/C8H7NO2S/c10-4-6-1-2-7-8(3-6)12(11)5-9-7/h1-3,5,10H,4H2. The molecule has 2 rings (SSSR count). The maximum atomic E-state index is 11.2. The van der Waals surface area contributed by atoms with Crippen molar-refractivity contribution in [3.8, 4) is 0 Å². The van der Waals surface area contributed by atoms with Crippen molar-refractivity contribution in [1.82, 2.24) is 0 Å². The first-order valence-electron chi connectivity index (χ1n) is 3.50. The predicted molar refractivity (Wildman–Crippen MR) is 46.9 cm³/mol. The van der Waals surface area contributed by atoms with Crippen molar-refractivity contribution in [2.45, 2.75) is 11.5 Å². The van der Waals surface area contributed by atoms with Crippen LogP contribution >= 0.6 is 0 Å². The molecule has 1 aliphatic rings. The summed E-state index contributed by atoms with van der Waals surface area (Å²) < 4.78 is 11.2. The molecule has 0 fully saturated rings. The number of fused-ring (bicyclic) bond motifs is 1. The molecule has 4 heteroatoms. The van der Waals surface area contributed by atoms with Crippen LogP contribution in [-0.4, -0.2) is 14.9 Å². The molecule has 62 valence electrons. The summed E-state index contributed by atoms with van der Waals surface area (Å²) in [5.74, 6) is 0. The molecule has 0 bridgehead atoms. The van der Waals surface area contributed by atoms with Crippen LogP contribution in [0.3, 0.4) is 0 Å². The summed E-state index contributed by atoms with van der Waals surface area (Å²) in [6, 6.07) is 5.26. The Balaban J connectivity index is 2.55. The van der Waals surface area contributed by atoms with Crippen LogP contribution in [0.1, 0.15) is 5.56 Å². The minimum atomic E-state index is -1.11. The fourth-order valence-corrected chi connectivity index (χ4v) is 2.00. The molecule has 1 atom stereocenters. The van der Waals surface area contributed by atoms with E-state index in [1.807, 2.05) is 0 Å². The second kappa shape index (κ2) is 2.80. The summed E-state index contributed by atoms with van der Waals surface area (Å²) in [6.45, 7) is -0.0233. The van der Waals surface area contributed by atoms with Gasteiger partial charge in [-0.25, -0.2) is 9.20 Å². The third-order valence-electron chi connectivity index (χ3n) is 1.71. The molecular weight excluding hydrogens is 174 g/mol. The van der Waals surface area contributed by atoms with Gasteiger partial charge in [0.25, 0.3) is 0 Å². The molecule has 1 heterocycles. The van der Waals surface area contributed by atoms with Crippen LogP contribution in [0.15, 0.2) is 28.1 Å². The zero-order valence-corrected chi connectivity index (χ0v) is 7.04. The summed E-state index contributed by atoms with van der Waals surface area (Å²) in [5, 5.41) is 8.82. The average molecular weight is 181 g/mol. The lowest BCUT2D eigenvalue weighted by molar-refractivity contribution is 0.281. The second-order valence-electron chi connectivity index (χ2n) is 2.49. The first-order chi connectivity index (χ1) is 5.81. The quantitative estimate of drug-likeness (QED) is 0.701. The number of hydrogen-bond acceptors (Lipinski definition) is 3. The SMILES string of the molecule is O=S1C=Nc2ccc(CO)cc21. The van der Waals surface area contributed by atoms with E-state index in [2.05, 4.69) is 4.99 Å². The maximum Gasteiger partial charge on any atom is 0.0984 e. The van der Waals surface area contributed by atoms with Gasteiger partial charge in [0, 0.05) is 0 Å². The average Bonchev–Trinajstić information content (AvgIpc) is 2.47. The number of hydrogen-bond donors (Lipinski definition) is 1. The van der Waals surface area contributed by atoms with E-state index < -0.39 is 10.8 Å². The molecule has 0 saturated heterocycles. The molecular formula is C8H7NO2S.